The van der Waals surface area contributed by atoms with E-state index in [9.17, 15) is 4.79 Å². The van der Waals surface area contributed by atoms with Crippen molar-refractivity contribution in [2.45, 2.75) is 45.7 Å². The Bertz CT molecular complexity index is 568. The molecule has 1 N–H and O–H groups in total. The third kappa shape index (κ3) is 3.04. The van der Waals surface area contributed by atoms with Gasteiger partial charge < -0.3 is 9.73 Å². The van der Waals surface area contributed by atoms with Gasteiger partial charge in [0.15, 0.2) is 5.82 Å². The fourth-order valence-corrected chi connectivity index (χ4v) is 1.79. The molecule has 2 heterocycles. The Morgan fingerprint density at radius 3 is 2.85 bits per heavy atom. The molecule has 0 fully saturated rings. The molecule has 7 heteroatoms. The predicted molar refractivity (Wildman–Crippen MR) is 71.8 cm³/mol. The van der Waals surface area contributed by atoms with Crippen molar-refractivity contribution in [2.75, 3.05) is 0 Å². The van der Waals surface area contributed by atoms with E-state index in [0.717, 1.165) is 5.56 Å². The Hall–Kier alpha value is -2.18. The summed E-state index contributed by atoms with van der Waals surface area (Å²) < 4.78 is 6.51. The van der Waals surface area contributed by atoms with Crippen molar-refractivity contribution in [3.63, 3.8) is 0 Å². The first-order chi connectivity index (χ1) is 9.39. The van der Waals surface area contributed by atoms with Crippen LogP contribution in [-0.4, -0.2) is 26.1 Å². The molecule has 0 aliphatic heterocycles. The van der Waals surface area contributed by atoms with Crippen LogP contribution in [0.3, 0.4) is 0 Å². The first-order valence-corrected chi connectivity index (χ1v) is 6.46. The van der Waals surface area contributed by atoms with E-state index in [1.54, 1.807) is 24.1 Å². The molecule has 108 valence electrons. The van der Waals surface area contributed by atoms with Crippen molar-refractivity contribution in [1.29, 1.82) is 0 Å². The zero-order valence-corrected chi connectivity index (χ0v) is 12.1. The second-order valence-electron chi connectivity index (χ2n) is 5.72. The lowest BCUT2D eigenvalue weighted by molar-refractivity contribution is -0.124. The van der Waals surface area contributed by atoms with E-state index in [-0.39, 0.29) is 11.3 Å². The van der Waals surface area contributed by atoms with Crippen LogP contribution in [0.25, 0.3) is 0 Å². The van der Waals surface area contributed by atoms with Gasteiger partial charge in [0.2, 0.25) is 5.91 Å². The minimum absolute atomic E-state index is 0.135. The topological polar surface area (TPSA) is 85.8 Å². The normalized spacial score (nSPS) is 13.2. The largest absolute Gasteiger partial charge is 0.472 e. The van der Waals surface area contributed by atoms with E-state index in [1.165, 1.54) is 0 Å². The highest BCUT2D eigenvalue weighted by Crippen LogP contribution is 2.21. The van der Waals surface area contributed by atoms with Crippen LogP contribution in [0.15, 0.2) is 23.0 Å². The number of carbonyl (C=O) groups excluding carboxylic acids is 1. The van der Waals surface area contributed by atoms with Gasteiger partial charge in [0.05, 0.1) is 12.5 Å². The number of tetrazole rings is 1. The quantitative estimate of drug-likeness (QED) is 0.914. The molecule has 0 aromatic carbocycles. The van der Waals surface area contributed by atoms with Crippen molar-refractivity contribution < 1.29 is 9.21 Å². The Morgan fingerprint density at radius 1 is 1.50 bits per heavy atom. The van der Waals surface area contributed by atoms with Crippen molar-refractivity contribution in [3.8, 4) is 0 Å². The highest BCUT2D eigenvalue weighted by molar-refractivity contribution is 5.79. The summed E-state index contributed by atoms with van der Waals surface area (Å²) in [5.74, 6) is 0.549. The zero-order chi connectivity index (χ0) is 14.8. The lowest BCUT2D eigenvalue weighted by Crippen LogP contribution is -2.33. The number of nitrogens with one attached hydrogen (secondary N) is 1. The van der Waals surface area contributed by atoms with E-state index in [2.05, 4.69) is 20.8 Å². The maximum Gasteiger partial charge on any atom is 0.244 e. The number of nitrogens with zero attached hydrogens (tertiary/aromatic N) is 4. The summed E-state index contributed by atoms with van der Waals surface area (Å²) in [5, 5.41) is 14.4. The summed E-state index contributed by atoms with van der Waals surface area (Å²) in [6.07, 6.45) is 3.17. The Kier molecular flexibility index (Phi) is 3.87. The first-order valence-electron chi connectivity index (χ1n) is 6.46. The zero-order valence-electron chi connectivity index (χ0n) is 12.1. The fraction of sp³-hybridized carbons (Fsp3) is 0.538. The van der Waals surface area contributed by atoms with Crippen LogP contribution in [0.4, 0.5) is 0 Å². The predicted octanol–water partition coefficient (Wildman–Crippen LogP) is 1.44. The maximum atomic E-state index is 12.2. The third-order valence-electron chi connectivity index (χ3n) is 2.96. The summed E-state index contributed by atoms with van der Waals surface area (Å²) in [7, 11) is 0. The van der Waals surface area contributed by atoms with Crippen LogP contribution in [0.2, 0.25) is 0 Å². The van der Waals surface area contributed by atoms with Crippen LogP contribution in [0.5, 0.6) is 0 Å². The summed E-state index contributed by atoms with van der Waals surface area (Å²) in [5.41, 5.74) is 0.695. The highest BCUT2D eigenvalue weighted by atomic mass is 16.3. The van der Waals surface area contributed by atoms with E-state index in [0.29, 0.717) is 12.4 Å². The summed E-state index contributed by atoms with van der Waals surface area (Å²) in [6.45, 7) is 8.21. The number of carbonyl (C=O) groups is 1. The van der Waals surface area contributed by atoms with Gasteiger partial charge in [0, 0.05) is 17.5 Å². The van der Waals surface area contributed by atoms with Gasteiger partial charge in [-0.15, -0.1) is 5.10 Å². The highest BCUT2D eigenvalue weighted by Gasteiger charge is 2.27. The molecule has 1 amide bonds. The monoisotopic (exact) mass is 277 g/mol. The van der Waals surface area contributed by atoms with Crippen LogP contribution >= 0.6 is 0 Å². The average molecular weight is 277 g/mol. The summed E-state index contributed by atoms with van der Waals surface area (Å²) >= 11 is 0. The molecule has 0 saturated carbocycles. The molecule has 7 nitrogen and oxygen atoms in total. The number of hydrogen-bond acceptors (Lipinski definition) is 5. The summed E-state index contributed by atoms with van der Waals surface area (Å²) in [6, 6.07) is 1.34. The molecule has 1 unspecified atom stereocenters. The Balaban J connectivity index is 2.05. The number of rotatable bonds is 4. The van der Waals surface area contributed by atoms with Gasteiger partial charge in [-0.25, -0.2) is 4.68 Å². The maximum absolute atomic E-state index is 12.2. The minimum atomic E-state index is -0.467. The molecule has 0 bridgehead atoms. The van der Waals surface area contributed by atoms with E-state index in [1.807, 2.05) is 26.8 Å². The van der Waals surface area contributed by atoms with Crippen LogP contribution < -0.4 is 5.32 Å². The van der Waals surface area contributed by atoms with E-state index >= 15 is 0 Å². The molecular formula is C13H19N5O2. The van der Waals surface area contributed by atoms with Gasteiger partial charge in [-0.05, 0) is 23.4 Å². The number of furan rings is 1. The Morgan fingerprint density at radius 2 is 2.25 bits per heavy atom. The molecule has 0 saturated heterocycles. The lowest BCUT2D eigenvalue weighted by atomic mass is 9.95. The lowest BCUT2D eigenvalue weighted by Gasteiger charge is -2.20. The average Bonchev–Trinajstić information content (AvgIpc) is 3.04. The van der Waals surface area contributed by atoms with Gasteiger partial charge >= 0.3 is 0 Å². The molecule has 2 rings (SSSR count). The van der Waals surface area contributed by atoms with Gasteiger partial charge in [0.25, 0.3) is 0 Å². The minimum Gasteiger partial charge on any atom is -0.472 e. The van der Waals surface area contributed by atoms with Crippen LogP contribution in [-0.2, 0) is 16.8 Å². The first kappa shape index (κ1) is 14.2. The van der Waals surface area contributed by atoms with Crippen molar-refractivity contribution in [3.05, 3.63) is 30.0 Å². The smallest absolute Gasteiger partial charge is 0.244 e. The van der Waals surface area contributed by atoms with Gasteiger partial charge in [-0.3, -0.25) is 4.79 Å². The fourth-order valence-electron chi connectivity index (χ4n) is 1.79. The molecule has 0 spiro atoms. The summed E-state index contributed by atoms with van der Waals surface area (Å²) in [4.78, 5) is 12.2. The van der Waals surface area contributed by atoms with E-state index in [4.69, 9.17) is 4.42 Å². The second kappa shape index (κ2) is 5.44. The number of hydrogen-bond donors (Lipinski definition) is 1. The molecule has 0 radical (unpaired) electrons. The molecule has 0 aliphatic rings. The van der Waals surface area contributed by atoms with Crippen molar-refractivity contribution in [2.24, 2.45) is 0 Å². The van der Waals surface area contributed by atoms with Gasteiger partial charge in [-0.2, -0.15) is 0 Å². The van der Waals surface area contributed by atoms with Crippen LogP contribution in [0.1, 0.15) is 45.1 Å². The van der Waals surface area contributed by atoms with Gasteiger partial charge in [0.1, 0.15) is 6.04 Å². The number of amides is 1. The Labute approximate surface area is 117 Å². The molecule has 1 atom stereocenters. The van der Waals surface area contributed by atoms with Crippen molar-refractivity contribution >= 4 is 5.91 Å². The second-order valence-corrected chi connectivity index (χ2v) is 5.72. The third-order valence-corrected chi connectivity index (χ3v) is 2.96. The molecule has 20 heavy (non-hydrogen) atoms. The number of aromatic nitrogens is 4. The van der Waals surface area contributed by atoms with Gasteiger partial charge in [-0.1, -0.05) is 20.8 Å². The molecular weight excluding hydrogens is 258 g/mol. The van der Waals surface area contributed by atoms with E-state index < -0.39 is 6.04 Å². The molecule has 2 aromatic rings. The SMILES string of the molecule is CC(C(=O)NCc1ccoc1)n1nnnc1C(C)(C)C. The standard InChI is InChI=1S/C13H19N5O2/c1-9(11(19)14-7-10-5-6-20-8-10)18-12(13(2,3)4)15-16-17-18/h5-6,8-9H,7H2,1-4H3,(H,14,19). The van der Waals surface area contributed by atoms with Crippen molar-refractivity contribution in [1.82, 2.24) is 25.5 Å². The molecule has 0 aliphatic carbocycles. The molecule has 2 aromatic heterocycles. The van der Waals surface area contributed by atoms with Crippen LogP contribution in [0, 0.1) is 0 Å².